The third kappa shape index (κ3) is 6.19. The Bertz CT molecular complexity index is 1750. The molecule has 1 aliphatic rings. The molecule has 1 aliphatic heterocycles. The van der Waals surface area contributed by atoms with Crippen molar-refractivity contribution in [3.8, 4) is 5.75 Å². The first-order chi connectivity index (χ1) is 20.7. The zero-order chi connectivity index (χ0) is 30.7. The smallest absolute Gasteiger partial charge is 0.350 e. The summed E-state index contributed by atoms with van der Waals surface area (Å²) in [6, 6.07) is 19.7. The number of hydrogen-bond acceptors (Lipinski definition) is 8. The molecule has 3 aromatic carbocycles. The number of carbonyl (C=O) groups is 3. The van der Waals surface area contributed by atoms with Crippen molar-refractivity contribution in [3.63, 3.8) is 0 Å². The van der Waals surface area contributed by atoms with Crippen LogP contribution < -0.4 is 9.64 Å². The second-order valence-corrected chi connectivity index (χ2v) is 11.2. The van der Waals surface area contributed by atoms with Gasteiger partial charge in [-0.2, -0.15) is 0 Å². The number of aliphatic hydroxyl groups is 1. The molecule has 0 spiro atoms. The zero-order valence-electron chi connectivity index (χ0n) is 22.8. The van der Waals surface area contributed by atoms with Gasteiger partial charge in [0.2, 0.25) is 0 Å². The highest BCUT2D eigenvalue weighted by molar-refractivity contribution is 7.17. The molecule has 11 heteroatoms. The average Bonchev–Trinajstić information content (AvgIpc) is 3.52. The summed E-state index contributed by atoms with van der Waals surface area (Å²) in [5, 5.41) is 12.0. The first-order valence-electron chi connectivity index (χ1n) is 13.0. The number of ether oxygens (including phenoxy) is 2. The van der Waals surface area contributed by atoms with Gasteiger partial charge in [0.15, 0.2) is 5.13 Å². The Morgan fingerprint density at radius 2 is 1.79 bits per heavy atom. The number of Topliss-reactive ketones (excluding diaryl/α,β-unsaturated/α-hetero) is 1. The number of amides is 1. The number of halogens is 2. The van der Waals surface area contributed by atoms with E-state index in [0.717, 1.165) is 21.8 Å². The minimum atomic E-state index is -1.12. The SMILES string of the molecule is C=CCOC(=O)c1sc(N2C(=O)C(=O)/C(=C(/O)c3ccc(OCc4ccccc4)cc3)C2c2ccc(Cl)c(Cl)c2)nc1C. The standard InChI is InChI=1S/C32H24Cl2N2O6S/c1-3-15-41-31(40)29-18(2)35-32(43-29)36-26(21-11-14-23(33)24(34)16-21)25(28(38)30(36)39)27(37)20-9-12-22(13-10-20)42-17-19-7-5-4-6-8-19/h3-14,16,26,37H,1,15,17H2,2H3/b27-25+. The van der Waals surface area contributed by atoms with Gasteiger partial charge in [0, 0.05) is 5.56 Å². The Balaban J connectivity index is 1.54. The monoisotopic (exact) mass is 634 g/mol. The first-order valence-corrected chi connectivity index (χ1v) is 14.6. The minimum absolute atomic E-state index is 0.00458. The molecular formula is C32H24Cl2N2O6S. The van der Waals surface area contributed by atoms with Gasteiger partial charge in [0.05, 0.1) is 27.4 Å². The summed E-state index contributed by atoms with van der Waals surface area (Å²) in [4.78, 5) is 45.3. The van der Waals surface area contributed by atoms with Crippen LogP contribution in [-0.4, -0.2) is 34.4 Å². The fraction of sp³-hybridized carbons (Fsp3) is 0.125. The number of aryl methyl sites for hydroxylation is 1. The number of aromatic nitrogens is 1. The molecule has 5 rings (SSSR count). The fourth-order valence-corrected chi connectivity index (χ4v) is 5.80. The number of anilines is 1. The van der Waals surface area contributed by atoms with E-state index >= 15 is 0 Å². The number of esters is 1. The third-order valence-corrected chi connectivity index (χ3v) is 8.46. The molecule has 1 aromatic heterocycles. The first kappa shape index (κ1) is 30.0. The minimum Gasteiger partial charge on any atom is -0.507 e. The molecular weight excluding hydrogens is 611 g/mol. The van der Waals surface area contributed by atoms with Gasteiger partial charge in [-0.15, -0.1) is 0 Å². The lowest BCUT2D eigenvalue weighted by Crippen LogP contribution is -2.29. The van der Waals surface area contributed by atoms with Gasteiger partial charge in [0.25, 0.3) is 5.78 Å². The normalized spacial score (nSPS) is 15.9. The maximum atomic E-state index is 13.5. The van der Waals surface area contributed by atoms with Crippen molar-refractivity contribution in [2.75, 3.05) is 11.5 Å². The lowest BCUT2D eigenvalue weighted by Gasteiger charge is -2.23. The molecule has 1 N–H and O–H groups in total. The van der Waals surface area contributed by atoms with Crippen LogP contribution in [0.1, 0.15) is 38.1 Å². The Labute approximate surface area is 261 Å². The summed E-state index contributed by atoms with van der Waals surface area (Å²) >= 11 is 13.4. The van der Waals surface area contributed by atoms with Gasteiger partial charge in [-0.25, -0.2) is 9.78 Å². The van der Waals surface area contributed by atoms with Gasteiger partial charge in [-0.3, -0.25) is 14.5 Å². The van der Waals surface area contributed by atoms with Crippen LogP contribution in [-0.2, 0) is 20.9 Å². The van der Waals surface area contributed by atoms with Crippen LogP contribution in [0.25, 0.3) is 5.76 Å². The highest BCUT2D eigenvalue weighted by Gasteiger charge is 2.48. The van der Waals surface area contributed by atoms with E-state index in [2.05, 4.69) is 11.6 Å². The maximum Gasteiger partial charge on any atom is 0.350 e. The van der Waals surface area contributed by atoms with E-state index < -0.39 is 29.5 Å². The van der Waals surface area contributed by atoms with E-state index in [9.17, 15) is 19.5 Å². The number of benzene rings is 3. The van der Waals surface area contributed by atoms with Gasteiger partial charge in [0.1, 0.15) is 29.6 Å². The molecule has 43 heavy (non-hydrogen) atoms. The number of rotatable bonds is 9. The summed E-state index contributed by atoms with van der Waals surface area (Å²) in [6.07, 6.45) is 1.43. The fourth-order valence-electron chi connectivity index (χ4n) is 4.51. The van der Waals surface area contributed by atoms with E-state index in [1.54, 1.807) is 37.3 Å². The predicted octanol–water partition coefficient (Wildman–Crippen LogP) is 7.31. The van der Waals surface area contributed by atoms with Gasteiger partial charge >= 0.3 is 11.9 Å². The van der Waals surface area contributed by atoms with Crippen molar-refractivity contribution >= 4 is 63.1 Å². The van der Waals surface area contributed by atoms with E-state index in [-0.39, 0.29) is 32.2 Å². The largest absolute Gasteiger partial charge is 0.507 e. The maximum absolute atomic E-state index is 13.5. The molecule has 0 saturated carbocycles. The van der Waals surface area contributed by atoms with Crippen molar-refractivity contribution in [2.24, 2.45) is 0 Å². The number of hydrogen-bond donors (Lipinski definition) is 1. The molecule has 0 aliphatic carbocycles. The second kappa shape index (κ2) is 12.8. The highest BCUT2D eigenvalue weighted by atomic mass is 35.5. The summed E-state index contributed by atoms with van der Waals surface area (Å²) < 4.78 is 11.0. The molecule has 0 bridgehead atoms. The van der Waals surface area contributed by atoms with E-state index in [1.807, 2.05) is 30.3 Å². The number of aliphatic hydroxyl groups excluding tert-OH is 1. The van der Waals surface area contributed by atoms with Crippen LogP contribution in [0.15, 0.2) is 91.0 Å². The van der Waals surface area contributed by atoms with E-state index in [1.165, 1.54) is 18.2 Å². The number of carbonyl (C=O) groups excluding carboxylic acids is 3. The van der Waals surface area contributed by atoms with Crippen LogP contribution in [0, 0.1) is 6.92 Å². The summed E-state index contributed by atoms with van der Waals surface area (Å²) in [5.74, 6) is -2.35. The Hall–Kier alpha value is -4.44. The van der Waals surface area contributed by atoms with Crippen LogP contribution in [0.4, 0.5) is 5.13 Å². The van der Waals surface area contributed by atoms with Crippen LogP contribution in [0.3, 0.4) is 0 Å². The Kier molecular flexibility index (Phi) is 8.96. The predicted molar refractivity (Wildman–Crippen MR) is 166 cm³/mol. The highest BCUT2D eigenvalue weighted by Crippen LogP contribution is 2.45. The molecule has 1 fully saturated rings. The van der Waals surface area contributed by atoms with Gasteiger partial charge in [-0.05, 0) is 54.4 Å². The third-order valence-electron chi connectivity index (χ3n) is 6.59. The summed E-state index contributed by atoms with van der Waals surface area (Å²) in [7, 11) is 0. The summed E-state index contributed by atoms with van der Waals surface area (Å²) in [5.41, 5.74) is 1.83. The van der Waals surface area contributed by atoms with Crippen molar-refractivity contribution in [2.45, 2.75) is 19.6 Å². The van der Waals surface area contributed by atoms with Crippen molar-refractivity contribution in [1.29, 1.82) is 0 Å². The quantitative estimate of drug-likeness (QED) is 0.0676. The lowest BCUT2D eigenvalue weighted by atomic mass is 9.95. The molecule has 218 valence electrons. The average molecular weight is 636 g/mol. The van der Waals surface area contributed by atoms with Crippen molar-refractivity contribution in [3.05, 3.63) is 128 Å². The van der Waals surface area contributed by atoms with Gasteiger partial charge in [-0.1, -0.05) is 83.6 Å². The molecule has 8 nitrogen and oxygen atoms in total. The molecule has 1 saturated heterocycles. The van der Waals surface area contributed by atoms with Crippen molar-refractivity contribution in [1.82, 2.24) is 4.98 Å². The lowest BCUT2D eigenvalue weighted by molar-refractivity contribution is -0.132. The number of ketones is 1. The molecule has 1 unspecified atom stereocenters. The number of thiazole rings is 1. The van der Waals surface area contributed by atoms with Crippen LogP contribution >= 0.6 is 34.5 Å². The molecule has 2 heterocycles. The number of nitrogens with zero attached hydrogens (tertiary/aromatic N) is 2. The Morgan fingerprint density at radius 3 is 2.47 bits per heavy atom. The van der Waals surface area contributed by atoms with Crippen LogP contribution in [0.5, 0.6) is 5.75 Å². The van der Waals surface area contributed by atoms with E-state index in [0.29, 0.717) is 29.2 Å². The molecule has 4 aromatic rings. The topological polar surface area (TPSA) is 106 Å². The van der Waals surface area contributed by atoms with E-state index in [4.69, 9.17) is 32.7 Å². The second-order valence-electron chi connectivity index (χ2n) is 9.44. The van der Waals surface area contributed by atoms with Crippen LogP contribution in [0.2, 0.25) is 10.0 Å². The van der Waals surface area contributed by atoms with Gasteiger partial charge < -0.3 is 14.6 Å². The van der Waals surface area contributed by atoms with Crippen molar-refractivity contribution < 1.29 is 29.0 Å². The summed E-state index contributed by atoms with van der Waals surface area (Å²) in [6.45, 7) is 5.47. The zero-order valence-corrected chi connectivity index (χ0v) is 25.1. The Morgan fingerprint density at radius 1 is 1.07 bits per heavy atom. The molecule has 1 atom stereocenters. The molecule has 0 radical (unpaired) electrons. The molecule has 1 amide bonds.